The van der Waals surface area contributed by atoms with E-state index in [0.29, 0.717) is 0 Å². The molecule has 0 aliphatic rings. The van der Waals surface area contributed by atoms with Crippen LogP contribution in [0.15, 0.2) is 51.8 Å². The molecule has 3 nitrogen and oxygen atoms in total. The second-order valence-corrected chi connectivity index (χ2v) is 6.76. The number of rotatable bonds is 4. The van der Waals surface area contributed by atoms with Crippen LogP contribution in [0.5, 0.6) is 0 Å². The third kappa shape index (κ3) is 2.91. The fraction of sp³-hybridized carbons (Fsp3) is 0.118. The Bertz CT molecular complexity index is 840. The Morgan fingerprint density at radius 2 is 1.95 bits per heavy atom. The van der Waals surface area contributed by atoms with Gasteiger partial charge >= 0.3 is 5.97 Å². The predicted molar refractivity (Wildman–Crippen MR) is 94.6 cm³/mol. The van der Waals surface area contributed by atoms with Gasteiger partial charge in [-0.3, -0.25) is 4.79 Å². The minimum atomic E-state index is -0.831. The van der Waals surface area contributed by atoms with Crippen LogP contribution in [0.3, 0.4) is 0 Å². The zero-order chi connectivity index (χ0) is 15.7. The Hall–Kier alpha value is -1.72. The van der Waals surface area contributed by atoms with Gasteiger partial charge < -0.3 is 10.1 Å². The molecule has 0 aliphatic carbocycles. The summed E-state index contributed by atoms with van der Waals surface area (Å²) in [7, 11) is 0. The minimum absolute atomic E-state index is 0.00390. The Labute approximate surface area is 140 Å². The van der Waals surface area contributed by atoms with Crippen molar-refractivity contribution in [1.82, 2.24) is 4.98 Å². The average molecular weight is 376 g/mol. The summed E-state index contributed by atoms with van der Waals surface area (Å²) >= 11 is 5.14. The third-order valence-corrected chi connectivity index (χ3v) is 4.81. The van der Waals surface area contributed by atoms with Crippen LogP contribution in [0, 0.1) is 0 Å². The van der Waals surface area contributed by atoms with Gasteiger partial charge in [0.15, 0.2) is 0 Å². The zero-order valence-electron chi connectivity index (χ0n) is 11.9. The molecular weight excluding hydrogens is 362 g/mol. The van der Waals surface area contributed by atoms with E-state index < -0.39 is 5.97 Å². The standard InChI is InChI=1S/C17H14BrNO2S/c1-22-12-5-2-10(3-6-12)17-14(9-16(20)21)13-8-11(18)4-7-15(13)19-17/h2-8,19H,9H2,1H3,(H,20,21). The van der Waals surface area contributed by atoms with E-state index in [2.05, 4.69) is 20.9 Å². The molecule has 1 heterocycles. The number of fused-ring (bicyclic) bond motifs is 1. The quantitative estimate of drug-likeness (QED) is 0.634. The monoisotopic (exact) mass is 375 g/mol. The van der Waals surface area contributed by atoms with Gasteiger partial charge in [0.05, 0.1) is 12.1 Å². The molecule has 2 N–H and O–H groups in total. The van der Waals surface area contributed by atoms with Crippen LogP contribution in [0.4, 0.5) is 0 Å². The first-order chi connectivity index (χ1) is 10.6. The van der Waals surface area contributed by atoms with Crippen LogP contribution < -0.4 is 0 Å². The fourth-order valence-electron chi connectivity index (χ4n) is 2.56. The van der Waals surface area contributed by atoms with E-state index in [-0.39, 0.29) is 6.42 Å². The summed E-state index contributed by atoms with van der Waals surface area (Å²) in [5.41, 5.74) is 3.65. The zero-order valence-corrected chi connectivity index (χ0v) is 14.3. The van der Waals surface area contributed by atoms with Gasteiger partial charge in [0.1, 0.15) is 0 Å². The van der Waals surface area contributed by atoms with Crippen molar-refractivity contribution in [3.05, 3.63) is 52.5 Å². The normalized spacial score (nSPS) is 11.0. The van der Waals surface area contributed by atoms with E-state index in [1.54, 1.807) is 11.8 Å². The summed E-state index contributed by atoms with van der Waals surface area (Å²) in [6.45, 7) is 0. The number of benzene rings is 2. The summed E-state index contributed by atoms with van der Waals surface area (Å²) in [4.78, 5) is 15.8. The number of halogens is 1. The molecule has 3 rings (SSSR count). The van der Waals surface area contributed by atoms with Crippen LogP contribution in [-0.2, 0) is 11.2 Å². The van der Waals surface area contributed by atoms with E-state index in [9.17, 15) is 9.90 Å². The number of aromatic nitrogens is 1. The lowest BCUT2D eigenvalue weighted by molar-refractivity contribution is -0.136. The predicted octanol–water partition coefficient (Wildman–Crippen LogP) is 4.95. The number of hydrogen-bond donors (Lipinski definition) is 2. The summed E-state index contributed by atoms with van der Waals surface area (Å²) in [6, 6.07) is 14.0. The molecule has 0 radical (unpaired) electrons. The SMILES string of the molecule is CSc1ccc(-c2[nH]c3ccc(Br)cc3c2CC(=O)O)cc1. The Kier molecular flexibility index (Phi) is 4.27. The first-order valence-corrected chi connectivity index (χ1v) is 8.76. The lowest BCUT2D eigenvalue weighted by atomic mass is 10.0. The number of nitrogens with one attached hydrogen (secondary N) is 1. The molecule has 1 aromatic heterocycles. The summed E-state index contributed by atoms with van der Waals surface area (Å²) in [5, 5.41) is 10.2. The summed E-state index contributed by atoms with van der Waals surface area (Å²) in [6.07, 6.45) is 2.03. The van der Waals surface area contributed by atoms with Crippen molar-refractivity contribution in [3.8, 4) is 11.3 Å². The largest absolute Gasteiger partial charge is 0.481 e. The maximum absolute atomic E-state index is 11.3. The van der Waals surface area contributed by atoms with Crippen LogP contribution in [0.1, 0.15) is 5.56 Å². The molecule has 5 heteroatoms. The number of thioether (sulfide) groups is 1. The molecule has 0 atom stereocenters. The van der Waals surface area contributed by atoms with Crippen LogP contribution >= 0.6 is 27.7 Å². The van der Waals surface area contributed by atoms with Crippen molar-refractivity contribution in [3.63, 3.8) is 0 Å². The highest BCUT2D eigenvalue weighted by atomic mass is 79.9. The highest BCUT2D eigenvalue weighted by Gasteiger charge is 2.16. The molecule has 0 spiro atoms. The van der Waals surface area contributed by atoms with Crippen LogP contribution in [-0.4, -0.2) is 22.3 Å². The maximum Gasteiger partial charge on any atom is 0.307 e. The molecule has 0 saturated carbocycles. The first-order valence-electron chi connectivity index (χ1n) is 6.75. The van der Waals surface area contributed by atoms with E-state index >= 15 is 0 Å². The lowest BCUT2D eigenvalue weighted by Crippen LogP contribution is -2.00. The van der Waals surface area contributed by atoms with Crippen LogP contribution in [0.25, 0.3) is 22.2 Å². The summed E-state index contributed by atoms with van der Waals surface area (Å²) in [5.74, 6) is -0.831. The van der Waals surface area contributed by atoms with Crippen molar-refractivity contribution in [2.24, 2.45) is 0 Å². The van der Waals surface area contributed by atoms with Gasteiger partial charge in [-0.2, -0.15) is 0 Å². The van der Waals surface area contributed by atoms with Gasteiger partial charge in [-0.1, -0.05) is 28.1 Å². The number of H-pyrrole nitrogens is 1. The van der Waals surface area contributed by atoms with E-state index in [1.165, 1.54) is 4.90 Å². The maximum atomic E-state index is 11.3. The van der Waals surface area contributed by atoms with Crippen LogP contribution in [0.2, 0.25) is 0 Å². The molecule has 0 bridgehead atoms. The number of carboxylic acid groups (broad SMARTS) is 1. The smallest absolute Gasteiger partial charge is 0.307 e. The Morgan fingerprint density at radius 3 is 2.59 bits per heavy atom. The Morgan fingerprint density at radius 1 is 1.23 bits per heavy atom. The molecule has 112 valence electrons. The second-order valence-electron chi connectivity index (χ2n) is 4.97. The molecule has 2 aromatic carbocycles. The van der Waals surface area contributed by atoms with Crippen molar-refractivity contribution < 1.29 is 9.90 Å². The number of aromatic amines is 1. The first kappa shape index (κ1) is 15.2. The van der Waals surface area contributed by atoms with Crippen molar-refractivity contribution >= 4 is 44.6 Å². The van der Waals surface area contributed by atoms with Crippen molar-refractivity contribution in [2.45, 2.75) is 11.3 Å². The second kappa shape index (κ2) is 6.18. The molecule has 0 aliphatic heterocycles. The van der Waals surface area contributed by atoms with Crippen molar-refractivity contribution in [2.75, 3.05) is 6.26 Å². The summed E-state index contributed by atoms with van der Waals surface area (Å²) < 4.78 is 0.940. The Balaban J connectivity index is 2.20. The van der Waals surface area contributed by atoms with E-state index in [4.69, 9.17) is 0 Å². The van der Waals surface area contributed by atoms with Gasteiger partial charge in [0, 0.05) is 20.3 Å². The minimum Gasteiger partial charge on any atom is -0.481 e. The van der Waals surface area contributed by atoms with Gasteiger partial charge in [-0.25, -0.2) is 0 Å². The van der Waals surface area contributed by atoms with E-state index in [1.807, 2.05) is 48.7 Å². The van der Waals surface area contributed by atoms with E-state index in [0.717, 1.165) is 32.2 Å². The van der Waals surface area contributed by atoms with Gasteiger partial charge in [0.2, 0.25) is 0 Å². The van der Waals surface area contributed by atoms with Gasteiger partial charge in [-0.05, 0) is 47.7 Å². The number of aliphatic carboxylic acids is 1. The molecule has 3 aromatic rings. The number of hydrogen-bond acceptors (Lipinski definition) is 2. The van der Waals surface area contributed by atoms with Crippen molar-refractivity contribution in [1.29, 1.82) is 0 Å². The molecule has 0 saturated heterocycles. The molecular formula is C17H14BrNO2S. The molecule has 22 heavy (non-hydrogen) atoms. The fourth-order valence-corrected chi connectivity index (χ4v) is 3.33. The molecule has 0 fully saturated rings. The average Bonchev–Trinajstić information content (AvgIpc) is 2.85. The number of carbonyl (C=O) groups is 1. The number of carboxylic acids is 1. The lowest BCUT2D eigenvalue weighted by Gasteiger charge is -2.04. The van der Waals surface area contributed by atoms with Gasteiger partial charge in [-0.15, -0.1) is 11.8 Å². The molecule has 0 unspecified atom stereocenters. The highest BCUT2D eigenvalue weighted by Crippen LogP contribution is 2.33. The molecule has 0 amide bonds. The van der Waals surface area contributed by atoms with Gasteiger partial charge in [0.25, 0.3) is 0 Å². The highest BCUT2D eigenvalue weighted by molar-refractivity contribution is 9.10. The third-order valence-electron chi connectivity index (χ3n) is 3.57. The topological polar surface area (TPSA) is 53.1 Å².